The van der Waals surface area contributed by atoms with Crippen LogP contribution in [0.15, 0.2) is 24.3 Å². The van der Waals surface area contributed by atoms with Crippen LogP contribution in [0.25, 0.3) is 0 Å². The van der Waals surface area contributed by atoms with Crippen molar-refractivity contribution in [3.63, 3.8) is 0 Å². The Balaban J connectivity index is 2.70. The van der Waals surface area contributed by atoms with Crippen LogP contribution in [0.5, 0.6) is 0 Å². The molecular formula is C14H23NO. The molecule has 1 unspecified atom stereocenters. The van der Waals surface area contributed by atoms with Crippen molar-refractivity contribution in [1.82, 2.24) is 0 Å². The fourth-order valence-electron chi connectivity index (χ4n) is 2.00. The number of hydrogen-bond acceptors (Lipinski definition) is 2. The molecule has 0 aliphatic heterocycles. The fraction of sp³-hybridized carbons (Fsp3) is 0.571. The monoisotopic (exact) mass is 221 g/mol. The smallest absolute Gasteiger partial charge is 0.0809 e. The first-order valence-electron chi connectivity index (χ1n) is 6.14. The third-order valence-electron chi connectivity index (χ3n) is 3.06. The number of aryl methyl sites for hydroxylation is 1. The van der Waals surface area contributed by atoms with Gasteiger partial charge < -0.3 is 10.8 Å². The Bertz CT molecular complexity index is 307. The molecule has 16 heavy (non-hydrogen) atoms. The van der Waals surface area contributed by atoms with E-state index in [1.807, 2.05) is 0 Å². The second-order valence-electron chi connectivity index (χ2n) is 4.53. The van der Waals surface area contributed by atoms with Gasteiger partial charge in [-0.1, -0.05) is 44.5 Å². The summed E-state index contributed by atoms with van der Waals surface area (Å²) in [5.74, 6) is 0. The van der Waals surface area contributed by atoms with Gasteiger partial charge >= 0.3 is 0 Å². The summed E-state index contributed by atoms with van der Waals surface area (Å²) in [4.78, 5) is 0. The Kier molecular flexibility index (Phi) is 4.97. The lowest BCUT2D eigenvalue weighted by atomic mass is 9.90. The summed E-state index contributed by atoms with van der Waals surface area (Å²) in [6.07, 6.45) is 3.43. The molecule has 2 nitrogen and oxygen atoms in total. The highest BCUT2D eigenvalue weighted by molar-refractivity contribution is 5.23. The summed E-state index contributed by atoms with van der Waals surface area (Å²) in [6, 6.07) is 8.43. The van der Waals surface area contributed by atoms with Crippen LogP contribution in [0, 0.1) is 0 Å². The highest BCUT2D eigenvalue weighted by Crippen LogP contribution is 2.18. The molecule has 0 aliphatic rings. The molecule has 1 aromatic rings. The maximum absolute atomic E-state index is 10.3. The quantitative estimate of drug-likeness (QED) is 0.774. The molecule has 0 aliphatic carbocycles. The molecule has 2 heteroatoms. The molecule has 1 aromatic carbocycles. The van der Waals surface area contributed by atoms with Gasteiger partial charge in [0.2, 0.25) is 0 Å². The van der Waals surface area contributed by atoms with Crippen LogP contribution in [0.2, 0.25) is 0 Å². The van der Waals surface area contributed by atoms with Crippen molar-refractivity contribution in [3.8, 4) is 0 Å². The van der Waals surface area contributed by atoms with Crippen LogP contribution in [-0.4, -0.2) is 17.3 Å². The van der Waals surface area contributed by atoms with E-state index in [1.54, 1.807) is 0 Å². The summed E-state index contributed by atoms with van der Waals surface area (Å²) in [5.41, 5.74) is 7.41. The Labute approximate surface area is 98.5 Å². The van der Waals surface area contributed by atoms with E-state index in [4.69, 9.17) is 5.73 Å². The zero-order chi connectivity index (χ0) is 12.0. The molecule has 0 fully saturated rings. The maximum atomic E-state index is 10.3. The Morgan fingerprint density at radius 3 is 2.12 bits per heavy atom. The van der Waals surface area contributed by atoms with E-state index in [0.29, 0.717) is 13.0 Å². The highest BCUT2D eigenvalue weighted by Gasteiger charge is 2.24. The summed E-state index contributed by atoms with van der Waals surface area (Å²) in [6.45, 7) is 4.54. The minimum absolute atomic E-state index is 0.330. The van der Waals surface area contributed by atoms with E-state index in [2.05, 4.69) is 38.1 Å². The number of aliphatic hydroxyl groups is 1. The van der Waals surface area contributed by atoms with Gasteiger partial charge in [0.25, 0.3) is 0 Å². The largest absolute Gasteiger partial charge is 0.388 e. The summed E-state index contributed by atoms with van der Waals surface area (Å²) in [5, 5.41) is 10.3. The van der Waals surface area contributed by atoms with Gasteiger partial charge in [-0.3, -0.25) is 0 Å². The van der Waals surface area contributed by atoms with Gasteiger partial charge in [-0.05, 0) is 24.0 Å². The van der Waals surface area contributed by atoms with E-state index >= 15 is 0 Å². The van der Waals surface area contributed by atoms with E-state index < -0.39 is 5.60 Å². The Morgan fingerprint density at radius 1 is 1.12 bits per heavy atom. The summed E-state index contributed by atoms with van der Waals surface area (Å²) < 4.78 is 0. The van der Waals surface area contributed by atoms with Crippen molar-refractivity contribution < 1.29 is 5.11 Å². The number of hydrogen-bond donors (Lipinski definition) is 2. The summed E-state index contributed by atoms with van der Waals surface area (Å²) >= 11 is 0. The molecule has 0 bridgehead atoms. The second kappa shape index (κ2) is 6.02. The van der Waals surface area contributed by atoms with E-state index in [1.165, 1.54) is 11.1 Å². The van der Waals surface area contributed by atoms with Crippen LogP contribution in [0.4, 0.5) is 0 Å². The summed E-state index contributed by atoms with van der Waals surface area (Å²) in [7, 11) is 0. The van der Waals surface area contributed by atoms with Gasteiger partial charge in [0.15, 0.2) is 0 Å². The molecule has 0 radical (unpaired) electrons. The second-order valence-corrected chi connectivity index (χ2v) is 4.53. The standard InChI is InChI=1S/C14H23NO/c1-3-9-14(16,11-15)10-13-7-5-12(4-2)6-8-13/h5-8,16H,3-4,9-11,15H2,1-2H3. The van der Waals surface area contributed by atoms with Crippen molar-refractivity contribution in [2.45, 2.75) is 45.1 Å². The molecule has 0 heterocycles. The first kappa shape index (κ1) is 13.2. The van der Waals surface area contributed by atoms with Crippen LogP contribution >= 0.6 is 0 Å². The third kappa shape index (κ3) is 3.62. The van der Waals surface area contributed by atoms with Gasteiger partial charge in [-0.15, -0.1) is 0 Å². The lowest BCUT2D eigenvalue weighted by Crippen LogP contribution is -2.39. The van der Waals surface area contributed by atoms with E-state index in [-0.39, 0.29) is 0 Å². The van der Waals surface area contributed by atoms with Crippen LogP contribution in [0.1, 0.15) is 37.8 Å². The molecule has 0 aromatic heterocycles. The number of benzene rings is 1. The van der Waals surface area contributed by atoms with Crippen molar-refractivity contribution in [2.75, 3.05) is 6.54 Å². The molecular weight excluding hydrogens is 198 g/mol. The van der Waals surface area contributed by atoms with Crippen LogP contribution < -0.4 is 5.73 Å². The molecule has 0 spiro atoms. The van der Waals surface area contributed by atoms with Crippen molar-refractivity contribution >= 4 is 0 Å². The number of nitrogens with two attached hydrogens (primary N) is 1. The zero-order valence-corrected chi connectivity index (χ0v) is 10.4. The number of rotatable bonds is 6. The topological polar surface area (TPSA) is 46.2 Å². The first-order chi connectivity index (χ1) is 7.63. The van der Waals surface area contributed by atoms with Crippen LogP contribution in [-0.2, 0) is 12.8 Å². The lowest BCUT2D eigenvalue weighted by Gasteiger charge is -2.26. The predicted molar refractivity (Wildman–Crippen MR) is 68.4 cm³/mol. The van der Waals surface area contributed by atoms with E-state index in [0.717, 1.165) is 19.3 Å². The maximum Gasteiger partial charge on any atom is 0.0809 e. The Hall–Kier alpha value is -0.860. The molecule has 0 saturated heterocycles. The lowest BCUT2D eigenvalue weighted by molar-refractivity contribution is 0.0399. The predicted octanol–water partition coefficient (Wildman–Crippen LogP) is 2.28. The fourth-order valence-corrected chi connectivity index (χ4v) is 2.00. The zero-order valence-electron chi connectivity index (χ0n) is 10.4. The third-order valence-corrected chi connectivity index (χ3v) is 3.06. The molecule has 3 N–H and O–H groups in total. The normalized spacial score (nSPS) is 14.8. The van der Waals surface area contributed by atoms with E-state index in [9.17, 15) is 5.11 Å². The average molecular weight is 221 g/mol. The minimum atomic E-state index is -0.734. The van der Waals surface area contributed by atoms with Gasteiger partial charge in [0, 0.05) is 13.0 Å². The molecule has 1 atom stereocenters. The molecule has 1 rings (SSSR count). The highest BCUT2D eigenvalue weighted by atomic mass is 16.3. The van der Waals surface area contributed by atoms with Crippen molar-refractivity contribution in [3.05, 3.63) is 35.4 Å². The molecule has 0 amide bonds. The SMILES string of the molecule is CCCC(O)(CN)Cc1ccc(CC)cc1. The minimum Gasteiger partial charge on any atom is -0.388 e. The van der Waals surface area contributed by atoms with Crippen molar-refractivity contribution in [1.29, 1.82) is 0 Å². The van der Waals surface area contributed by atoms with Gasteiger partial charge in [-0.2, -0.15) is 0 Å². The molecule has 90 valence electrons. The van der Waals surface area contributed by atoms with Crippen molar-refractivity contribution in [2.24, 2.45) is 5.73 Å². The van der Waals surface area contributed by atoms with Gasteiger partial charge in [0.05, 0.1) is 5.60 Å². The van der Waals surface area contributed by atoms with Crippen LogP contribution in [0.3, 0.4) is 0 Å². The van der Waals surface area contributed by atoms with Gasteiger partial charge in [-0.25, -0.2) is 0 Å². The van der Waals surface area contributed by atoms with Gasteiger partial charge in [0.1, 0.15) is 0 Å². The average Bonchev–Trinajstić information content (AvgIpc) is 2.30. The first-order valence-corrected chi connectivity index (χ1v) is 6.14. The Morgan fingerprint density at radius 2 is 1.69 bits per heavy atom. The molecule has 0 saturated carbocycles.